The lowest BCUT2D eigenvalue weighted by Gasteiger charge is -2.02. The molecule has 0 saturated heterocycles. The normalized spacial score (nSPS) is 15.8. The van der Waals surface area contributed by atoms with Gasteiger partial charge in [-0.1, -0.05) is 12.1 Å². The van der Waals surface area contributed by atoms with Crippen LogP contribution in [0.5, 0.6) is 0 Å². The first-order valence-corrected chi connectivity index (χ1v) is 4.48. The number of nitrogens with zero attached hydrogens (tertiary/aromatic N) is 1. The molecule has 68 valence electrons. The molecule has 2 heteroatoms. The summed E-state index contributed by atoms with van der Waals surface area (Å²) in [5, 5.41) is 0. The molecule has 0 N–H and O–H groups in total. The second-order valence-corrected chi connectivity index (χ2v) is 3.71. The van der Waals surface area contributed by atoms with E-state index < -0.39 is 0 Å². The van der Waals surface area contributed by atoms with Crippen molar-refractivity contribution in [2.75, 3.05) is 7.05 Å². The number of fused-ring (bicyclic) bond motifs is 1. The van der Waals surface area contributed by atoms with Gasteiger partial charge in [0.1, 0.15) is 0 Å². The van der Waals surface area contributed by atoms with E-state index in [4.69, 9.17) is 0 Å². The summed E-state index contributed by atoms with van der Waals surface area (Å²) >= 11 is 0. The predicted octanol–water partition coefficient (Wildman–Crippen LogP) is 1.83. The third-order valence-corrected chi connectivity index (χ3v) is 2.49. The number of hydrogen-bond acceptors (Lipinski definition) is 2. The van der Waals surface area contributed by atoms with E-state index in [1.54, 1.807) is 6.92 Å². The lowest BCUT2D eigenvalue weighted by molar-refractivity contribution is 0.101. The van der Waals surface area contributed by atoms with Gasteiger partial charge < -0.3 is 0 Å². The molecule has 1 aromatic carbocycles. The molecule has 0 saturated carbocycles. The van der Waals surface area contributed by atoms with Crippen LogP contribution in [0.1, 0.15) is 28.4 Å². The smallest absolute Gasteiger partial charge is 0.159 e. The van der Waals surface area contributed by atoms with Crippen LogP contribution in [-0.4, -0.2) is 17.7 Å². The maximum atomic E-state index is 11.1. The fourth-order valence-electron chi connectivity index (χ4n) is 1.78. The molecule has 1 aromatic rings. The quantitative estimate of drug-likeness (QED) is 0.607. The van der Waals surface area contributed by atoms with E-state index in [-0.39, 0.29) is 5.78 Å². The number of Topliss-reactive ketones (excluding diaryl/α,β-unsaturated/α-hetero) is 1. The monoisotopic (exact) mass is 175 g/mol. The minimum Gasteiger partial charge on any atom is -0.298 e. The van der Waals surface area contributed by atoms with Gasteiger partial charge in [-0.25, -0.2) is 0 Å². The zero-order valence-electron chi connectivity index (χ0n) is 8.00. The van der Waals surface area contributed by atoms with Crippen molar-refractivity contribution in [1.29, 1.82) is 0 Å². The minimum atomic E-state index is 0.150. The molecule has 0 aliphatic carbocycles. The summed E-state index contributed by atoms with van der Waals surface area (Å²) in [7, 11) is 2.09. The SMILES string of the molecule is CC(=O)c1ccc2c(c1)CN(C)C2. The third-order valence-electron chi connectivity index (χ3n) is 2.49. The highest BCUT2D eigenvalue weighted by molar-refractivity contribution is 5.94. The van der Waals surface area contributed by atoms with Crippen molar-refractivity contribution in [3.63, 3.8) is 0 Å². The second kappa shape index (κ2) is 2.96. The summed E-state index contributed by atoms with van der Waals surface area (Å²) < 4.78 is 0. The second-order valence-electron chi connectivity index (χ2n) is 3.71. The molecule has 0 radical (unpaired) electrons. The van der Waals surface area contributed by atoms with Crippen LogP contribution >= 0.6 is 0 Å². The average Bonchev–Trinajstić information content (AvgIpc) is 2.42. The summed E-state index contributed by atoms with van der Waals surface area (Å²) in [6.07, 6.45) is 0. The molecule has 1 heterocycles. The molecule has 0 aromatic heterocycles. The van der Waals surface area contributed by atoms with Crippen LogP contribution in [0.2, 0.25) is 0 Å². The lowest BCUT2D eigenvalue weighted by Crippen LogP contribution is -2.07. The molecular weight excluding hydrogens is 162 g/mol. The van der Waals surface area contributed by atoms with E-state index in [0.717, 1.165) is 18.7 Å². The van der Waals surface area contributed by atoms with E-state index >= 15 is 0 Å². The molecule has 0 amide bonds. The Kier molecular flexibility index (Phi) is 1.93. The molecule has 0 spiro atoms. The summed E-state index contributed by atoms with van der Waals surface area (Å²) in [6, 6.07) is 6.00. The van der Waals surface area contributed by atoms with Crippen molar-refractivity contribution < 1.29 is 4.79 Å². The van der Waals surface area contributed by atoms with Crippen LogP contribution in [0.3, 0.4) is 0 Å². The van der Waals surface area contributed by atoms with Gasteiger partial charge in [-0.2, -0.15) is 0 Å². The van der Waals surface area contributed by atoms with Crippen molar-refractivity contribution in [3.05, 3.63) is 34.9 Å². The van der Waals surface area contributed by atoms with Crippen molar-refractivity contribution in [3.8, 4) is 0 Å². The standard InChI is InChI=1S/C11H13NO/c1-8(13)9-3-4-10-6-12(2)7-11(10)5-9/h3-5H,6-7H2,1-2H3. The molecule has 1 aliphatic rings. The van der Waals surface area contributed by atoms with Crippen LogP contribution in [0.25, 0.3) is 0 Å². The number of carbonyl (C=O) groups excluding carboxylic acids is 1. The first-order chi connectivity index (χ1) is 6.16. The summed E-state index contributed by atoms with van der Waals surface area (Å²) in [5.74, 6) is 0.150. The molecule has 13 heavy (non-hydrogen) atoms. The molecule has 2 rings (SSSR count). The Bertz CT molecular complexity index is 357. The molecule has 0 fully saturated rings. The number of hydrogen-bond donors (Lipinski definition) is 0. The van der Waals surface area contributed by atoms with E-state index in [1.807, 2.05) is 12.1 Å². The Balaban J connectivity index is 2.40. The van der Waals surface area contributed by atoms with Gasteiger partial charge in [0.2, 0.25) is 0 Å². The van der Waals surface area contributed by atoms with Gasteiger partial charge in [0.25, 0.3) is 0 Å². The number of rotatable bonds is 1. The average molecular weight is 175 g/mol. The summed E-state index contributed by atoms with van der Waals surface area (Å²) in [5.41, 5.74) is 3.48. The van der Waals surface area contributed by atoms with E-state index in [1.165, 1.54) is 11.1 Å². The Morgan fingerprint density at radius 1 is 1.31 bits per heavy atom. The van der Waals surface area contributed by atoms with Crippen LogP contribution in [0.4, 0.5) is 0 Å². The maximum Gasteiger partial charge on any atom is 0.159 e. The number of ketones is 1. The Morgan fingerprint density at radius 2 is 2.00 bits per heavy atom. The number of benzene rings is 1. The van der Waals surface area contributed by atoms with Crippen molar-refractivity contribution >= 4 is 5.78 Å². The zero-order valence-corrected chi connectivity index (χ0v) is 8.00. The molecule has 2 nitrogen and oxygen atoms in total. The van der Waals surface area contributed by atoms with Gasteiger partial charge in [-0.3, -0.25) is 9.69 Å². The zero-order chi connectivity index (χ0) is 9.42. The first kappa shape index (κ1) is 8.45. The molecule has 0 atom stereocenters. The minimum absolute atomic E-state index is 0.150. The van der Waals surface area contributed by atoms with Gasteiger partial charge >= 0.3 is 0 Å². The highest BCUT2D eigenvalue weighted by atomic mass is 16.1. The predicted molar refractivity (Wildman–Crippen MR) is 51.6 cm³/mol. The highest BCUT2D eigenvalue weighted by Gasteiger charge is 2.15. The van der Waals surface area contributed by atoms with Crippen LogP contribution < -0.4 is 0 Å². The van der Waals surface area contributed by atoms with Gasteiger partial charge in [-0.15, -0.1) is 0 Å². The fourth-order valence-corrected chi connectivity index (χ4v) is 1.78. The van der Waals surface area contributed by atoms with Crippen LogP contribution in [0, 0.1) is 0 Å². The maximum absolute atomic E-state index is 11.1. The topological polar surface area (TPSA) is 20.3 Å². The third kappa shape index (κ3) is 1.49. The van der Waals surface area contributed by atoms with Crippen molar-refractivity contribution in [1.82, 2.24) is 4.90 Å². The largest absolute Gasteiger partial charge is 0.298 e. The van der Waals surface area contributed by atoms with Crippen molar-refractivity contribution in [2.24, 2.45) is 0 Å². The Hall–Kier alpha value is -1.15. The first-order valence-electron chi connectivity index (χ1n) is 4.48. The summed E-state index contributed by atoms with van der Waals surface area (Å²) in [6.45, 7) is 3.59. The Labute approximate surface area is 78.2 Å². The van der Waals surface area contributed by atoms with Crippen LogP contribution in [0.15, 0.2) is 18.2 Å². The Morgan fingerprint density at radius 3 is 2.69 bits per heavy atom. The highest BCUT2D eigenvalue weighted by Crippen LogP contribution is 2.22. The summed E-state index contributed by atoms with van der Waals surface area (Å²) in [4.78, 5) is 13.4. The van der Waals surface area contributed by atoms with Gasteiger partial charge in [0.05, 0.1) is 0 Å². The lowest BCUT2D eigenvalue weighted by atomic mass is 10.0. The van der Waals surface area contributed by atoms with E-state index in [2.05, 4.69) is 18.0 Å². The van der Waals surface area contributed by atoms with Gasteiger partial charge in [0.15, 0.2) is 5.78 Å². The number of carbonyl (C=O) groups is 1. The molecule has 0 unspecified atom stereocenters. The van der Waals surface area contributed by atoms with Gasteiger partial charge in [-0.05, 0) is 31.2 Å². The molecular formula is C11H13NO. The van der Waals surface area contributed by atoms with Crippen molar-refractivity contribution in [2.45, 2.75) is 20.0 Å². The fraction of sp³-hybridized carbons (Fsp3) is 0.364. The van der Waals surface area contributed by atoms with Crippen LogP contribution in [-0.2, 0) is 13.1 Å². The van der Waals surface area contributed by atoms with E-state index in [9.17, 15) is 4.79 Å². The molecule has 0 bridgehead atoms. The molecule has 1 aliphatic heterocycles. The van der Waals surface area contributed by atoms with Gasteiger partial charge in [0, 0.05) is 18.7 Å². The van der Waals surface area contributed by atoms with E-state index in [0.29, 0.717) is 0 Å².